The number of carbonyl (C=O) groups is 3. The number of nitrogens with one attached hydrogen (secondary N) is 2. The lowest BCUT2D eigenvalue weighted by Crippen LogP contribution is -2.37. The molecule has 0 spiro atoms. The number of benzene rings is 1. The van der Waals surface area contributed by atoms with Crippen molar-refractivity contribution < 1.29 is 23.5 Å². The Morgan fingerprint density at radius 1 is 1.07 bits per heavy atom. The molecule has 156 valence electrons. The minimum absolute atomic E-state index is 0.134. The molecule has 0 aliphatic rings. The molecule has 2 N–H and O–H groups in total. The maximum atomic E-state index is 12.5. The van der Waals surface area contributed by atoms with Gasteiger partial charge in [-0.3, -0.25) is 9.59 Å². The smallest absolute Gasteiger partial charge is 0.340 e. The van der Waals surface area contributed by atoms with Crippen molar-refractivity contribution in [3.8, 4) is 0 Å². The predicted molar refractivity (Wildman–Crippen MR) is 110 cm³/mol. The van der Waals surface area contributed by atoms with E-state index in [0.717, 1.165) is 0 Å². The van der Waals surface area contributed by atoms with Crippen LogP contribution in [0, 0.1) is 5.92 Å². The number of esters is 1. The van der Waals surface area contributed by atoms with E-state index in [2.05, 4.69) is 10.6 Å². The summed E-state index contributed by atoms with van der Waals surface area (Å²) in [6.45, 7) is 6.31. The number of amides is 2. The van der Waals surface area contributed by atoms with Gasteiger partial charge in [0.15, 0.2) is 6.10 Å². The number of carbonyl (C=O) groups excluding carboxylic acids is 3. The molecule has 0 bridgehead atoms. The van der Waals surface area contributed by atoms with Crippen LogP contribution in [0.5, 0.6) is 0 Å². The fourth-order valence-electron chi connectivity index (χ4n) is 2.28. The molecule has 0 fully saturated rings. The van der Waals surface area contributed by atoms with Crippen molar-refractivity contribution in [2.75, 3.05) is 12.3 Å². The Morgan fingerprint density at radius 2 is 1.83 bits per heavy atom. The second-order valence-electron chi connectivity index (χ2n) is 6.83. The number of furan rings is 1. The monoisotopic (exact) mass is 418 g/mol. The van der Waals surface area contributed by atoms with Gasteiger partial charge in [0.05, 0.1) is 24.1 Å². The van der Waals surface area contributed by atoms with Crippen molar-refractivity contribution in [1.82, 2.24) is 10.6 Å². The first-order valence-corrected chi connectivity index (χ1v) is 10.3. The molecule has 0 aliphatic carbocycles. The van der Waals surface area contributed by atoms with Crippen LogP contribution in [0.1, 0.15) is 36.9 Å². The standard InChI is InChI=1S/C21H26N2O5S/c1-14(2)11-23-20(25)15(3)28-21(26)17-8-4-5-9-18(17)29-13-19(24)22-12-16-7-6-10-27-16/h4-10,14-15H,11-13H2,1-3H3,(H,22,24)(H,23,25)/t15-/m0/s1. The van der Waals surface area contributed by atoms with Crippen molar-refractivity contribution in [2.24, 2.45) is 5.92 Å². The highest BCUT2D eigenvalue weighted by atomic mass is 32.2. The third-order valence-corrected chi connectivity index (χ3v) is 4.92. The topological polar surface area (TPSA) is 97.6 Å². The summed E-state index contributed by atoms with van der Waals surface area (Å²) in [5.74, 6) is -0.0214. The van der Waals surface area contributed by atoms with E-state index in [-0.39, 0.29) is 17.6 Å². The minimum atomic E-state index is -0.907. The van der Waals surface area contributed by atoms with Crippen molar-refractivity contribution in [3.63, 3.8) is 0 Å². The number of hydrogen-bond acceptors (Lipinski definition) is 6. The van der Waals surface area contributed by atoms with Crippen LogP contribution < -0.4 is 10.6 Å². The van der Waals surface area contributed by atoms with Gasteiger partial charge in [0.1, 0.15) is 5.76 Å². The van der Waals surface area contributed by atoms with Crippen molar-refractivity contribution in [2.45, 2.75) is 38.3 Å². The van der Waals surface area contributed by atoms with Gasteiger partial charge in [0, 0.05) is 11.4 Å². The van der Waals surface area contributed by atoms with Crippen LogP contribution in [0.4, 0.5) is 0 Å². The predicted octanol–water partition coefficient (Wildman–Crippen LogP) is 3.01. The lowest BCUT2D eigenvalue weighted by Gasteiger charge is -2.15. The maximum absolute atomic E-state index is 12.5. The van der Waals surface area contributed by atoms with Crippen LogP contribution in [-0.4, -0.2) is 36.2 Å². The minimum Gasteiger partial charge on any atom is -0.467 e. The molecule has 7 nitrogen and oxygen atoms in total. The molecule has 8 heteroatoms. The molecule has 2 rings (SSSR count). The van der Waals surface area contributed by atoms with Crippen molar-refractivity contribution in [1.29, 1.82) is 0 Å². The average Bonchev–Trinajstić information content (AvgIpc) is 3.22. The first-order chi connectivity index (χ1) is 13.9. The van der Waals surface area contributed by atoms with Gasteiger partial charge in [0.2, 0.25) is 5.91 Å². The number of hydrogen-bond donors (Lipinski definition) is 2. The summed E-state index contributed by atoms with van der Waals surface area (Å²) < 4.78 is 10.5. The number of ether oxygens (including phenoxy) is 1. The van der Waals surface area contributed by atoms with Crippen LogP contribution in [0.25, 0.3) is 0 Å². The van der Waals surface area contributed by atoms with Gasteiger partial charge in [-0.15, -0.1) is 11.8 Å². The molecule has 1 aromatic carbocycles. The normalized spacial score (nSPS) is 11.7. The van der Waals surface area contributed by atoms with Gasteiger partial charge in [0.25, 0.3) is 5.91 Å². The fraction of sp³-hybridized carbons (Fsp3) is 0.381. The summed E-state index contributed by atoms with van der Waals surface area (Å²) >= 11 is 1.23. The molecule has 0 saturated carbocycles. The lowest BCUT2D eigenvalue weighted by atomic mass is 10.2. The fourth-order valence-corrected chi connectivity index (χ4v) is 3.15. The summed E-state index contributed by atoms with van der Waals surface area (Å²) in [6, 6.07) is 10.4. The first-order valence-electron chi connectivity index (χ1n) is 9.36. The second kappa shape index (κ2) is 11.3. The van der Waals surface area contributed by atoms with E-state index in [4.69, 9.17) is 9.15 Å². The largest absolute Gasteiger partial charge is 0.467 e. The van der Waals surface area contributed by atoms with Gasteiger partial charge in [-0.05, 0) is 37.1 Å². The Labute approximate surface area is 174 Å². The summed E-state index contributed by atoms with van der Waals surface area (Å²) in [7, 11) is 0. The number of rotatable bonds is 10. The first kappa shape index (κ1) is 22.5. The van der Waals surface area contributed by atoms with E-state index in [1.807, 2.05) is 13.8 Å². The van der Waals surface area contributed by atoms with Gasteiger partial charge < -0.3 is 19.8 Å². The Kier molecular flexibility index (Phi) is 8.79. The van der Waals surface area contributed by atoms with Gasteiger partial charge in [-0.1, -0.05) is 26.0 Å². The second-order valence-corrected chi connectivity index (χ2v) is 7.84. The molecule has 29 heavy (non-hydrogen) atoms. The summed E-state index contributed by atoms with van der Waals surface area (Å²) in [5, 5.41) is 5.49. The van der Waals surface area contributed by atoms with Crippen LogP contribution in [-0.2, 0) is 20.9 Å². The van der Waals surface area contributed by atoms with E-state index >= 15 is 0 Å². The molecule has 0 unspecified atom stereocenters. The van der Waals surface area contributed by atoms with E-state index in [1.54, 1.807) is 42.7 Å². The van der Waals surface area contributed by atoms with Gasteiger partial charge >= 0.3 is 5.97 Å². The molecule has 1 aromatic heterocycles. The zero-order valence-electron chi connectivity index (χ0n) is 16.8. The highest BCUT2D eigenvalue weighted by Crippen LogP contribution is 2.23. The molecular formula is C21H26N2O5S. The average molecular weight is 419 g/mol. The Hall–Kier alpha value is -2.74. The van der Waals surface area contributed by atoms with Gasteiger partial charge in [-0.2, -0.15) is 0 Å². The highest BCUT2D eigenvalue weighted by molar-refractivity contribution is 8.00. The van der Waals surface area contributed by atoms with E-state index in [9.17, 15) is 14.4 Å². The molecule has 2 aromatic rings. The van der Waals surface area contributed by atoms with Crippen molar-refractivity contribution in [3.05, 3.63) is 54.0 Å². The van der Waals surface area contributed by atoms with E-state index < -0.39 is 12.1 Å². The zero-order valence-corrected chi connectivity index (χ0v) is 17.6. The summed E-state index contributed by atoms with van der Waals surface area (Å²) in [4.78, 5) is 37.2. The lowest BCUT2D eigenvalue weighted by molar-refractivity contribution is -0.129. The molecule has 2 amide bonds. The van der Waals surface area contributed by atoms with E-state index in [0.29, 0.717) is 35.2 Å². The number of thioether (sulfide) groups is 1. The molecule has 0 aliphatic heterocycles. The molecule has 0 radical (unpaired) electrons. The Morgan fingerprint density at radius 3 is 2.52 bits per heavy atom. The third kappa shape index (κ3) is 7.65. The van der Waals surface area contributed by atoms with Crippen LogP contribution in [0.15, 0.2) is 52.0 Å². The van der Waals surface area contributed by atoms with Crippen LogP contribution in [0.3, 0.4) is 0 Å². The van der Waals surface area contributed by atoms with Gasteiger partial charge in [-0.25, -0.2) is 4.79 Å². The molecular weight excluding hydrogens is 392 g/mol. The third-order valence-electron chi connectivity index (χ3n) is 3.84. The summed E-state index contributed by atoms with van der Waals surface area (Å²) in [5.41, 5.74) is 0.319. The quantitative estimate of drug-likeness (QED) is 0.455. The Bertz CT molecular complexity index is 820. The SMILES string of the molecule is CC(C)CNC(=O)[C@H](C)OC(=O)c1ccccc1SCC(=O)NCc1ccco1. The Balaban J connectivity index is 1.88. The maximum Gasteiger partial charge on any atom is 0.340 e. The van der Waals surface area contributed by atoms with Crippen LogP contribution in [0.2, 0.25) is 0 Å². The highest BCUT2D eigenvalue weighted by Gasteiger charge is 2.21. The molecule has 1 heterocycles. The van der Waals surface area contributed by atoms with Crippen molar-refractivity contribution >= 4 is 29.5 Å². The van der Waals surface area contributed by atoms with E-state index in [1.165, 1.54) is 18.7 Å². The summed E-state index contributed by atoms with van der Waals surface area (Å²) in [6.07, 6.45) is 0.637. The van der Waals surface area contributed by atoms with Crippen LogP contribution >= 0.6 is 11.8 Å². The molecule has 1 atom stereocenters. The zero-order chi connectivity index (χ0) is 21.2. The molecule has 0 saturated heterocycles.